The molecular formula is C24H21N3O. The number of hydrogen-bond acceptors (Lipinski definition) is 2. The molecule has 0 aliphatic rings. The Kier molecular flexibility index (Phi) is 4.77. The number of aryl methyl sites for hydroxylation is 2. The number of carbonyl (C=O) groups is 1. The molecule has 0 unspecified atom stereocenters. The van der Waals surface area contributed by atoms with Crippen LogP contribution in [0.3, 0.4) is 0 Å². The fourth-order valence-electron chi connectivity index (χ4n) is 3.30. The Morgan fingerprint density at radius 1 is 0.857 bits per heavy atom. The van der Waals surface area contributed by atoms with E-state index in [1.807, 2.05) is 103 Å². The van der Waals surface area contributed by atoms with E-state index >= 15 is 0 Å². The summed E-state index contributed by atoms with van der Waals surface area (Å²) < 4.78 is 1.88. The van der Waals surface area contributed by atoms with Gasteiger partial charge < -0.3 is 5.32 Å². The summed E-state index contributed by atoms with van der Waals surface area (Å²) in [6.07, 6.45) is 0. The molecule has 4 rings (SSSR count). The van der Waals surface area contributed by atoms with Gasteiger partial charge >= 0.3 is 0 Å². The second-order valence-electron chi connectivity index (χ2n) is 6.75. The zero-order valence-electron chi connectivity index (χ0n) is 15.9. The molecule has 1 aromatic heterocycles. The van der Waals surface area contributed by atoms with Gasteiger partial charge in [0.2, 0.25) is 0 Å². The van der Waals surface area contributed by atoms with Crippen LogP contribution in [0.4, 0.5) is 5.69 Å². The number of nitrogens with one attached hydrogen (secondary N) is 1. The normalized spacial score (nSPS) is 10.6. The number of aromatic nitrogens is 2. The molecule has 4 aromatic rings. The first-order valence-electron chi connectivity index (χ1n) is 9.21. The van der Waals surface area contributed by atoms with Gasteiger partial charge in [-0.2, -0.15) is 5.10 Å². The van der Waals surface area contributed by atoms with Crippen molar-refractivity contribution in [3.8, 4) is 16.8 Å². The Bertz CT molecular complexity index is 1110. The van der Waals surface area contributed by atoms with Gasteiger partial charge in [-0.1, -0.05) is 48.5 Å². The Morgan fingerprint density at radius 2 is 1.54 bits per heavy atom. The Labute approximate surface area is 164 Å². The maximum absolute atomic E-state index is 12.8. The molecule has 3 aromatic carbocycles. The van der Waals surface area contributed by atoms with Crippen LogP contribution in [0.1, 0.15) is 21.7 Å². The first-order valence-corrected chi connectivity index (χ1v) is 9.21. The molecule has 1 N–H and O–H groups in total. The number of benzene rings is 3. The van der Waals surface area contributed by atoms with Gasteiger partial charge in [0.1, 0.15) is 0 Å². The van der Waals surface area contributed by atoms with Crippen LogP contribution in [-0.4, -0.2) is 15.7 Å². The van der Waals surface area contributed by atoms with Gasteiger partial charge in [-0.15, -0.1) is 0 Å². The van der Waals surface area contributed by atoms with Crippen LogP contribution in [0.5, 0.6) is 0 Å². The summed E-state index contributed by atoms with van der Waals surface area (Å²) in [4.78, 5) is 12.8. The molecule has 0 spiro atoms. The van der Waals surface area contributed by atoms with Gasteiger partial charge in [0.15, 0.2) is 0 Å². The van der Waals surface area contributed by atoms with E-state index in [9.17, 15) is 4.79 Å². The fourth-order valence-corrected chi connectivity index (χ4v) is 3.30. The van der Waals surface area contributed by atoms with Crippen molar-refractivity contribution in [2.24, 2.45) is 0 Å². The molecule has 0 saturated carbocycles. The van der Waals surface area contributed by atoms with Gasteiger partial charge in [0, 0.05) is 22.5 Å². The summed E-state index contributed by atoms with van der Waals surface area (Å²) in [6, 6.07) is 27.4. The SMILES string of the molecule is Cc1cc(C)n(-c2ccc(C(=O)Nc3ccccc3-c3ccccc3)cc2)n1. The molecule has 28 heavy (non-hydrogen) atoms. The fraction of sp³-hybridized carbons (Fsp3) is 0.0833. The molecule has 0 radical (unpaired) electrons. The van der Waals surface area contributed by atoms with Gasteiger partial charge in [-0.25, -0.2) is 4.68 Å². The van der Waals surface area contributed by atoms with Gasteiger partial charge in [-0.3, -0.25) is 4.79 Å². The van der Waals surface area contributed by atoms with Gasteiger partial charge in [0.05, 0.1) is 11.4 Å². The first-order chi connectivity index (χ1) is 13.6. The van der Waals surface area contributed by atoms with E-state index in [0.29, 0.717) is 5.56 Å². The van der Waals surface area contributed by atoms with Crippen LogP contribution in [-0.2, 0) is 0 Å². The molecule has 1 amide bonds. The summed E-state index contributed by atoms with van der Waals surface area (Å²) in [5, 5.41) is 7.52. The smallest absolute Gasteiger partial charge is 0.255 e. The van der Waals surface area contributed by atoms with E-state index in [1.165, 1.54) is 0 Å². The highest BCUT2D eigenvalue weighted by atomic mass is 16.1. The zero-order chi connectivity index (χ0) is 19.5. The second-order valence-corrected chi connectivity index (χ2v) is 6.75. The van der Waals surface area contributed by atoms with Crippen molar-refractivity contribution in [2.75, 3.05) is 5.32 Å². The second kappa shape index (κ2) is 7.53. The molecule has 4 nitrogen and oxygen atoms in total. The largest absolute Gasteiger partial charge is 0.321 e. The third-order valence-corrected chi connectivity index (χ3v) is 4.64. The van der Waals surface area contributed by atoms with Crippen molar-refractivity contribution in [1.29, 1.82) is 0 Å². The van der Waals surface area contributed by atoms with Crippen LogP contribution in [0, 0.1) is 13.8 Å². The number of para-hydroxylation sites is 1. The molecule has 0 saturated heterocycles. The Balaban J connectivity index is 1.57. The average molecular weight is 367 g/mol. The van der Waals surface area contributed by atoms with E-state index in [2.05, 4.69) is 10.4 Å². The number of hydrogen-bond donors (Lipinski definition) is 1. The van der Waals surface area contributed by atoms with Crippen molar-refractivity contribution in [3.63, 3.8) is 0 Å². The number of amides is 1. The molecule has 0 fully saturated rings. The predicted molar refractivity (Wildman–Crippen MR) is 113 cm³/mol. The van der Waals surface area contributed by atoms with E-state index in [-0.39, 0.29) is 5.91 Å². The van der Waals surface area contributed by atoms with Crippen LogP contribution in [0.15, 0.2) is 84.9 Å². The highest BCUT2D eigenvalue weighted by Gasteiger charge is 2.11. The number of rotatable bonds is 4. The number of nitrogens with zero attached hydrogens (tertiary/aromatic N) is 2. The third-order valence-electron chi connectivity index (χ3n) is 4.64. The molecule has 0 bridgehead atoms. The minimum absolute atomic E-state index is 0.136. The van der Waals surface area contributed by atoms with Crippen molar-refractivity contribution in [1.82, 2.24) is 9.78 Å². The quantitative estimate of drug-likeness (QED) is 0.524. The molecule has 138 valence electrons. The van der Waals surface area contributed by atoms with E-state index in [1.54, 1.807) is 0 Å². The van der Waals surface area contributed by atoms with Crippen LogP contribution in [0.2, 0.25) is 0 Å². The molecule has 0 aliphatic heterocycles. The Hall–Kier alpha value is -3.66. The summed E-state index contributed by atoms with van der Waals surface area (Å²) in [6.45, 7) is 3.98. The maximum atomic E-state index is 12.8. The van der Waals surface area contributed by atoms with E-state index in [4.69, 9.17) is 0 Å². The monoisotopic (exact) mass is 367 g/mol. The highest BCUT2D eigenvalue weighted by Crippen LogP contribution is 2.28. The molecule has 0 aliphatic carbocycles. The van der Waals surface area contributed by atoms with E-state index in [0.717, 1.165) is 33.9 Å². The van der Waals surface area contributed by atoms with Crippen LogP contribution >= 0.6 is 0 Å². The van der Waals surface area contributed by atoms with Crippen molar-refractivity contribution in [2.45, 2.75) is 13.8 Å². The topological polar surface area (TPSA) is 46.9 Å². The molecule has 4 heteroatoms. The minimum atomic E-state index is -0.136. The van der Waals surface area contributed by atoms with Crippen molar-refractivity contribution < 1.29 is 4.79 Å². The lowest BCUT2D eigenvalue weighted by Crippen LogP contribution is -2.12. The van der Waals surface area contributed by atoms with Crippen LogP contribution < -0.4 is 5.32 Å². The summed E-state index contributed by atoms with van der Waals surface area (Å²) >= 11 is 0. The maximum Gasteiger partial charge on any atom is 0.255 e. The van der Waals surface area contributed by atoms with Gasteiger partial charge in [-0.05, 0) is 55.8 Å². The summed E-state index contributed by atoms with van der Waals surface area (Å²) in [5.74, 6) is -0.136. The lowest BCUT2D eigenvalue weighted by atomic mass is 10.0. The number of anilines is 1. The van der Waals surface area contributed by atoms with Crippen LogP contribution in [0.25, 0.3) is 16.8 Å². The molecular weight excluding hydrogens is 346 g/mol. The zero-order valence-corrected chi connectivity index (χ0v) is 15.9. The first kappa shape index (κ1) is 17.7. The third kappa shape index (κ3) is 3.58. The lowest BCUT2D eigenvalue weighted by Gasteiger charge is -2.12. The standard InChI is InChI=1S/C24H21N3O/c1-17-16-18(2)27(26-17)21-14-12-20(13-15-21)24(28)25-23-11-7-6-10-22(23)19-8-4-3-5-9-19/h3-16H,1-2H3,(H,25,28). The molecule has 1 heterocycles. The highest BCUT2D eigenvalue weighted by molar-refractivity contribution is 6.06. The minimum Gasteiger partial charge on any atom is -0.321 e. The van der Waals surface area contributed by atoms with E-state index < -0.39 is 0 Å². The summed E-state index contributed by atoms with van der Waals surface area (Å²) in [7, 11) is 0. The van der Waals surface area contributed by atoms with Crippen molar-refractivity contribution in [3.05, 3.63) is 102 Å². The predicted octanol–water partition coefficient (Wildman–Crippen LogP) is 5.41. The lowest BCUT2D eigenvalue weighted by molar-refractivity contribution is 0.102. The van der Waals surface area contributed by atoms with Gasteiger partial charge in [0.25, 0.3) is 5.91 Å². The Morgan fingerprint density at radius 3 is 2.21 bits per heavy atom. The average Bonchev–Trinajstić information content (AvgIpc) is 3.07. The summed E-state index contributed by atoms with van der Waals surface area (Å²) in [5.41, 5.74) is 6.43. The van der Waals surface area contributed by atoms with Crippen molar-refractivity contribution >= 4 is 11.6 Å². The number of carbonyl (C=O) groups excluding carboxylic acids is 1. The molecule has 0 atom stereocenters.